The number of hydrogen-bond acceptors (Lipinski definition) is 3. The van der Waals surface area contributed by atoms with E-state index >= 15 is 0 Å². The number of quaternary nitrogens is 1. The molecule has 0 saturated heterocycles. The van der Waals surface area contributed by atoms with Crippen molar-refractivity contribution < 1.29 is 14.8 Å². The lowest BCUT2D eigenvalue weighted by atomic mass is 10.1. The van der Waals surface area contributed by atoms with Crippen LogP contribution in [0.3, 0.4) is 0 Å². The maximum Gasteiger partial charge on any atom is 0.282 e. The van der Waals surface area contributed by atoms with Crippen molar-refractivity contribution in [3.05, 3.63) is 82.6 Å². The molecule has 0 aliphatic heterocycles. The Morgan fingerprint density at radius 1 is 1.07 bits per heavy atom. The molecule has 1 atom stereocenters. The van der Waals surface area contributed by atoms with Gasteiger partial charge in [0.15, 0.2) is 6.54 Å². The van der Waals surface area contributed by atoms with E-state index in [0.717, 1.165) is 16.3 Å². The van der Waals surface area contributed by atoms with Crippen LogP contribution in [0, 0.1) is 0 Å². The number of carbonyl (C=O) groups excluding carboxylic acids is 1. The molecule has 27 heavy (non-hydrogen) atoms. The number of carbonyl (C=O) groups is 1. The minimum absolute atomic E-state index is 0.0938. The summed E-state index contributed by atoms with van der Waals surface area (Å²) >= 11 is 1.66. The fourth-order valence-electron chi connectivity index (χ4n) is 2.92. The fraction of sp³-hybridized carbons (Fsp3) is 0.227. The molecular formula is C22H25N2O2S+. The molecule has 1 heterocycles. The van der Waals surface area contributed by atoms with Crippen LogP contribution in [-0.4, -0.2) is 19.6 Å². The van der Waals surface area contributed by atoms with Gasteiger partial charge < -0.3 is 15.0 Å². The topological polar surface area (TPSA) is 46.1 Å². The summed E-state index contributed by atoms with van der Waals surface area (Å²) in [7, 11) is 1.64. The molecule has 2 N–H and O–H groups in total. The van der Waals surface area contributed by atoms with Crippen LogP contribution in [0.1, 0.15) is 23.4 Å². The molecule has 2 aromatic carbocycles. The monoisotopic (exact) mass is 381 g/mol. The minimum Gasteiger partial charge on any atom is -0.497 e. The normalized spacial score (nSPS) is 11.8. The second-order valence-corrected chi connectivity index (χ2v) is 7.43. The molecule has 0 radical (unpaired) electrons. The molecular weight excluding hydrogens is 356 g/mol. The van der Waals surface area contributed by atoms with Gasteiger partial charge in [-0.05, 0) is 42.6 Å². The maximum absolute atomic E-state index is 13.0. The van der Waals surface area contributed by atoms with Gasteiger partial charge in [-0.15, -0.1) is 11.3 Å². The molecule has 5 heteroatoms. The van der Waals surface area contributed by atoms with Crippen LogP contribution in [0.5, 0.6) is 5.75 Å². The largest absolute Gasteiger partial charge is 0.497 e. The Labute approximate surface area is 164 Å². The molecule has 4 nitrogen and oxygen atoms in total. The van der Waals surface area contributed by atoms with E-state index in [9.17, 15) is 4.79 Å². The third kappa shape index (κ3) is 5.18. The number of nitrogens with two attached hydrogens (primary N) is 1. The predicted octanol–water partition coefficient (Wildman–Crippen LogP) is 3.61. The Kier molecular flexibility index (Phi) is 6.63. The van der Waals surface area contributed by atoms with Crippen LogP contribution in [0.2, 0.25) is 0 Å². The number of amides is 1. The van der Waals surface area contributed by atoms with E-state index in [1.54, 1.807) is 18.4 Å². The molecule has 3 rings (SSSR count). The summed E-state index contributed by atoms with van der Waals surface area (Å²) in [6.45, 7) is 3.10. The predicted molar refractivity (Wildman–Crippen MR) is 110 cm³/mol. The summed E-state index contributed by atoms with van der Waals surface area (Å²) in [5.74, 6) is 0.878. The van der Waals surface area contributed by atoms with Crippen molar-refractivity contribution in [3.8, 4) is 5.75 Å². The molecule has 1 amide bonds. The fourth-order valence-corrected chi connectivity index (χ4v) is 3.62. The molecule has 0 fully saturated rings. The number of ether oxygens (including phenoxy) is 1. The van der Waals surface area contributed by atoms with Gasteiger partial charge in [-0.3, -0.25) is 4.79 Å². The molecule has 0 aliphatic rings. The van der Waals surface area contributed by atoms with Crippen LogP contribution in [0.25, 0.3) is 0 Å². The van der Waals surface area contributed by atoms with Crippen molar-refractivity contribution >= 4 is 22.9 Å². The number of methoxy groups -OCH3 is 1. The highest BCUT2D eigenvalue weighted by Gasteiger charge is 2.20. The second kappa shape index (κ2) is 9.35. The van der Waals surface area contributed by atoms with Gasteiger partial charge >= 0.3 is 0 Å². The third-order valence-electron chi connectivity index (χ3n) is 4.55. The number of nitrogens with zero attached hydrogens (tertiary/aromatic N) is 1. The minimum atomic E-state index is 0.0938. The first-order valence-electron chi connectivity index (χ1n) is 9.02. The first kappa shape index (κ1) is 19.1. The Morgan fingerprint density at radius 3 is 2.44 bits per heavy atom. The third-order valence-corrected chi connectivity index (χ3v) is 5.41. The Balaban J connectivity index is 1.71. The van der Waals surface area contributed by atoms with Crippen LogP contribution >= 0.6 is 11.3 Å². The number of hydrogen-bond donors (Lipinski definition) is 1. The van der Waals surface area contributed by atoms with E-state index in [1.807, 2.05) is 58.8 Å². The van der Waals surface area contributed by atoms with Crippen molar-refractivity contribution in [1.82, 2.24) is 0 Å². The second-order valence-electron chi connectivity index (χ2n) is 6.40. The van der Waals surface area contributed by atoms with Gasteiger partial charge in [0.05, 0.1) is 13.7 Å². The van der Waals surface area contributed by atoms with Crippen LogP contribution in [0.4, 0.5) is 5.69 Å². The first-order valence-corrected chi connectivity index (χ1v) is 9.90. The Hall–Kier alpha value is -2.63. The zero-order chi connectivity index (χ0) is 19.1. The van der Waals surface area contributed by atoms with Crippen LogP contribution in [0.15, 0.2) is 72.1 Å². The van der Waals surface area contributed by atoms with E-state index in [0.29, 0.717) is 13.1 Å². The van der Waals surface area contributed by atoms with Gasteiger partial charge in [-0.2, -0.15) is 0 Å². The molecule has 140 valence electrons. The Bertz CT molecular complexity index is 833. The number of benzene rings is 2. The van der Waals surface area contributed by atoms with Crippen molar-refractivity contribution in [2.45, 2.75) is 19.5 Å². The number of anilines is 1. The van der Waals surface area contributed by atoms with E-state index in [4.69, 9.17) is 4.74 Å². The van der Waals surface area contributed by atoms with Crippen molar-refractivity contribution in [3.63, 3.8) is 0 Å². The lowest BCUT2D eigenvalue weighted by molar-refractivity contribution is -0.682. The smallest absolute Gasteiger partial charge is 0.282 e. The number of thiophene rings is 1. The molecule has 1 aromatic heterocycles. The highest BCUT2D eigenvalue weighted by molar-refractivity contribution is 7.09. The van der Waals surface area contributed by atoms with Crippen molar-refractivity contribution in [2.24, 2.45) is 0 Å². The zero-order valence-electron chi connectivity index (χ0n) is 15.7. The molecule has 3 aromatic rings. The summed E-state index contributed by atoms with van der Waals surface area (Å²) < 4.78 is 5.24. The molecule has 0 aliphatic carbocycles. The maximum atomic E-state index is 13.0. The van der Waals surface area contributed by atoms with Crippen molar-refractivity contribution in [1.29, 1.82) is 0 Å². The summed E-state index contributed by atoms with van der Waals surface area (Å²) in [6, 6.07) is 22.2. The average Bonchev–Trinajstić information content (AvgIpc) is 3.24. The van der Waals surface area contributed by atoms with Crippen molar-refractivity contribution in [2.75, 3.05) is 18.6 Å². The molecule has 0 unspecified atom stereocenters. The summed E-state index contributed by atoms with van der Waals surface area (Å²) in [6.07, 6.45) is 0. The van der Waals surface area contributed by atoms with E-state index in [-0.39, 0.29) is 11.9 Å². The standard InChI is InChI=1S/C22H24N2O2S/c1-17(18-7-4-3-5-8-18)23-15-22(25)24(16-21-9-6-14-27-21)19-10-12-20(26-2)13-11-19/h3-14,17,23H,15-16H2,1-2H3/p+1/t17-/m1/s1. The van der Waals surface area contributed by atoms with Gasteiger partial charge in [0.25, 0.3) is 5.91 Å². The van der Waals surface area contributed by atoms with Crippen LogP contribution in [-0.2, 0) is 11.3 Å². The van der Waals surface area contributed by atoms with E-state index in [1.165, 1.54) is 5.56 Å². The van der Waals surface area contributed by atoms with Crippen LogP contribution < -0.4 is 15.0 Å². The highest BCUT2D eigenvalue weighted by Crippen LogP contribution is 2.22. The lowest BCUT2D eigenvalue weighted by Gasteiger charge is -2.22. The summed E-state index contributed by atoms with van der Waals surface area (Å²) in [5, 5.41) is 4.12. The highest BCUT2D eigenvalue weighted by atomic mass is 32.1. The Morgan fingerprint density at radius 2 is 1.81 bits per heavy atom. The van der Waals surface area contributed by atoms with Gasteiger partial charge in [0, 0.05) is 16.1 Å². The average molecular weight is 382 g/mol. The van der Waals surface area contributed by atoms with Gasteiger partial charge in [0.1, 0.15) is 11.8 Å². The van der Waals surface area contributed by atoms with E-state index < -0.39 is 0 Å². The first-order chi connectivity index (χ1) is 13.2. The SMILES string of the molecule is COc1ccc(N(Cc2cccs2)C(=O)C[NH2+][C@H](C)c2ccccc2)cc1. The molecule has 0 saturated carbocycles. The quantitative estimate of drug-likeness (QED) is 0.648. The molecule has 0 spiro atoms. The van der Waals surface area contributed by atoms with Gasteiger partial charge in [-0.1, -0.05) is 36.4 Å². The zero-order valence-corrected chi connectivity index (χ0v) is 16.5. The van der Waals surface area contributed by atoms with E-state index in [2.05, 4.69) is 30.4 Å². The summed E-state index contributed by atoms with van der Waals surface area (Å²) in [5.41, 5.74) is 2.11. The molecule has 0 bridgehead atoms. The lowest BCUT2D eigenvalue weighted by Crippen LogP contribution is -2.87. The summed E-state index contributed by atoms with van der Waals surface area (Å²) in [4.78, 5) is 16.0. The number of rotatable bonds is 8. The van der Waals surface area contributed by atoms with Gasteiger partial charge in [-0.25, -0.2) is 0 Å². The van der Waals surface area contributed by atoms with Gasteiger partial charge in [0.2, 0.25) is 0 Å².